The molecule has 0 unspecified atom stereocenters. The highest BCUT2D eigenvalue weighted by molar-refractivity contribution is 7.16. The number of amides is 2. The number of carbonyl (C=O) groups is 2. The molecule has 0 aliphatic carbocycles. The molecule has 2 aliphatic rings. The first-order valence-corrected chi connectivity index (χ1v) is 14.3. The highest BCUT2D eigenvalue weighted by atomic mass is 35.5. The summed E-state index contributed by atoms with van der Waals surface area (Å²) in [6, 6.07) is 23.4. The molecule has 1 aromatic heterocycles. The minimum atomic E-state index is -0.463. The van der Waals surface area contributed by atoms with Crippen molar-refractivity contribution >= 4 is 62.6 Å². The monoisotopic (exact) mass is 599 g/mol. The van der Waals surface area contributed by atoms with Crippen LogP contribution in [0, 0.1) is 10.1 Å². The van der Waals surface area contributed by atoms with Crippen LogP contribution in [-0.4, -0.2) is 48.3 Å². The lowest BCUT2D eigenvalue weighted by Crippen LogP contribution is -2.26. The number of non-ortho nitro benzene ring substituents is 1. The Morgan fingerprint density at radius 1 is 0.929 bits per heavy atom. The van der Waals surface area contributed by atoms with Crippen LogP contribution in [0.25, 0.3) is 0 Å². The third-order valence-electron chi connectivity index (χ3n) is 6.72. The molecule has 42 heavy (non-hydrogen) atoms. The Morgan fingerprint density at radius 2 is 1.64 bits per heavy atom. The fourth-order valence-electron chi connectivity index (χ4n) is 4.58. The molecule has 2 aliphatic heterocycles. The van der Waals surface area contributed by atoms with Crippen molar-refractivity contribution in [3.8, 4) is 0 Å². The molecule has 0 atom stereocenters. The van der Waals surface area contributed by atoms with E-state index in [1.54, 1.807) is 16.2 Å². The van der Waals surface area contributed by atoms with Crippen LogP contribution >= 0.6 is 22.9 Å². The second-order valence-corrected chi connectivity index (χ2v) is 11.0. The van der Waals surface area contributed by atoms with Crippen molar-refractivity contribution in [1.29, 1.82) is 0 Å². The molecule has 0 spiro atoms. The third-order valence-corrected chi connectivity index (χ3v) is 8.40. The summed E-state index contributed by atoms with van der Waals surface area (Å²) in [5, 5.41) is 15.3. The van der Waals surface area contributed by atoms with Crippen LogP contribution in [0.4, 0.5) is 16.4 Å². The summed E-state index contributed by atoms with van der Waals surface area (Å²) in [4.78, 5) is 46.1. The molecular weight excluding hydrogens is 574 g/mol. The molecule has 0 fully saturated rings. The highest BCUT2D eigenvalue weighted by Gasteiger charge is 2.26. The van der Waals surface area contributed by atoms with Crippen LogP contribution in [0.2, 0.25) is 5.02 Å². The van der Waals surface area contributed by atoms with Gasteiger partial charge in [0.1, 0.15) is 18.1 Å². The fraction of sp³-hybridized carbons (Fsp3) is 0.161. The summed E-state index contributed by atoms with van der Waals surface area (Å²) >= 11 is 7.96. The molecule has 1 N–H and O–H groups in total. The Hall–Kier alpha value is -4.67. The number of hydrogen-bond acceptors (Lipinski definition) is 7. The number of fused-ring (bicyclic) bond motifs is 2. The third kappa shape index (κ3) is 6.00. The minimum Gasteiger partial charge on any atom is -0.324 e. The Labute approximate surface area is 251 Å². The number of aryl methyl sites for hydroxylation is 1. The van der Waals surface area contributed by atoms with Crippen LogP contribution < -0.4 is 10.2 Å². The first-order chi connectivity index (χ1) is 20.3. The van der Waals surface area contributed by atoms with Gasteiger partial charge < -0.3 is 10.2 Å². The molecule has 11 heteroatoms. The molecule has 3 aromatic carbocycles. The van der Waals surface area contributed by atoms with E-state index >= 15 is 0 Å². The van der Waals surface area contributed by atoms with E-state index < -0.39 is 4.92 Å². The summed E-state index contributed by atoms with van der Waals surface area (Å²) < 4.78 is 0. The van der Waals surface area contributed by atoms with E-state index in [0.29, 0.717) is 22.0 Å². The van der Waals surface area contributed by atoms with Gasteiger partial charge >= 0.3 is 0 Å². The average Bonchev–Trinajstić information content (AvgIpc) is 3.30. The number of anilines is 2. The maximum absolute atomic E-state index is 12.1. The topological polar surface area (TPSA) is 117 Å². The molecule has 2 amide bonds. The highest BCUT2D eigenvalue weighted by Crippen LogP contribution is 2.36. The van der Waals surface area contributed by atoms with Crippen molar-refractivity contribution in [3.05, 3.63) is 121 Å². The number of carbonyl (C=O) groups excluding carboxylic acids is 2. The van der Waals surface area contributed by atoms with Gasteiger partial charge in [0.05, 0.1) is 22.0 Å². The number of likely N-dealkylation sites (N-methyl/N-ethyl adjacent to an activating group) is 1. The average molecular weight is 600 g/mol. The summed E-state index contributed by atoms with van der Waals surface area (Å²) in [5.41, 5.74) is 5.13. The van der Waals surface area contributed by atoms with Gasteiger partial charge in [-0.1, -0.05) is 67.1 Å². The minimum absolute atomic E-state index is 0.00260. The number of nitro groups is 1. The van der Waals surface area contributed by atoms with E-state index in [1.165, 1.54) is 23.1 Å². The lowest BCUT2D eigenvalue weighted by molar-refractivity contribution is -0.384. The zero-order valence-electron chi connectivity index (χ0n) is 22.8. The maximum atomic E-state index is 12.1. The predicted octanol–water partition coefficient (Wildman–Crippen LogP) is 6.16. The van der Waals surface area contributed by atoms with Crippen molar-refractivity contribution in [2.24, 2.45) is 9.98 Å². The number of aliphatic imine (C=N–C) groups is 2. The van der Waals surface area contributed by atoms with E-state index in [1.807, 2.05) is 61.6 Å². The molecule has 0 saturated carbocycles. The molecule has 0 bridgehead atoms. The normalized spacial score (nSPS) is 14.2. The van der Waals surface area contributed by atoms with Gasteiger partial charge in [0.2, 0.25) is 11.8 Å². The van der Waals surface area contributed by atoms with Gasteiger partial charge in [-0.25, -0.2) is 0 Å². The molecular formula is C31H26ClN5O4S. The van der Waals surface area contributed by atoms with Gasteiger partial charge in [-0.3, -0.25) is 29.7 Å². The van der Waals surface area contributed by atoms with E-state index in [0.717, 1.165) is 33.8 Å². The van der Waals surface area contributed by atoms with Crippen LogP contribution in [0.15, 0.2) is 88.8 Å². The molecule has 212 valence electrons. The number of rotatable bonds is 4. The van der Waals surface area contributed by atoms with Crippen LogP contribution in [0.1, 0.15) is 34.1 Å². The number of benzodiazepines with no additional fused rings is 1. The number of thiophene rings is 1. The fourth-order valence-corrected chi connectivity index (χ4v) is 5.88. The largest absolute Gasteiger partial charge is 0.324 e. The standard InChI is InChI=1S/C16H15ClN2OS.C15H11N3O3/c1-3-10-8-12-15(11-6-4-5-7-13(11)17)18-9-14(20)19(2)16(12)21-10;19-14-9-16-15(10-4-2-1-3-5-10)12-8-11(18(20)21)6-7-13(12)17-14/h4-8H,3,9H2,1-2H3;1-8H,9H2,(H,17,19). The SMILES string of the molecule is CCc1cc2c(s1)N(C)C(=O)CN=C2c1ccccc1Cl.O=C1CN=C(c2ccccc2)c2cc([N+](=O)[O-])ccc2N1. The first-order valence-electron chi connectivity index (χ1n) is 13.1. The van der Waals surface area contributed by atoms with Crippen molar-refractivity contribution in [2.45, 2.75) is 13.3 Å². The lowest BCUT2D eigenvalue weighted by Gasteiger charge is -2.13. The van der Waals surface area contributed by atoms with Crippen molar-refractivity contribution in [2.75, 3.05) is 30.4 Å². The molecule has 9 nitrogen and oxygen atoms in total. The zero-order chi connectivity index (χ0) is 29.8. The van der Waals surface area contributed by atoms with Crippen molar-refractivity contribution < 1.29 is 14.5 Å². The second kappa shape index (κ2) is 12.5. The van der Waals surface area contributed by atoms with E-state index in [-0.39, 0.29) is 30.6 Å². The maximum Gasteiger partial charge on any atom is 0.270 e. The lowest BCUT2D eigenvalue weighted by atomic mass is 10.00. The predicted molar refractivity (Wildman–Crippen MR) is 168 cm³/mol. The molecule has 3 heterocycles. The van der Waals surface area contributed by atoms with Crippen LogP contribution in [0.3, 0.4) is 0 Å². The van der Waals surface area contributed by atoms with Gasteiger partial charge in [0.25, 0.3) is 5.69 Å². The number of nitrogens with zero attached hydrogens (tertiary/aromatic N) is 4. The Morgan fingerprint density at radius 3 is 2.36 bits per heavy atom. The van der Waals surface area contributed by atoms with Gasteiger partial charge in [-0.2, -0.15) is 0 Å². The molecule has 0 saturated heterocycles. The summed E-state index contributed by atoms with van der Waals surface area (Å²) in [6.07, 6.45) is 0.940. The Bertz CT molecular complexity index is 1750. The number of nitrogens with one attached hydrogen (secondary N) is 1. The Balaban J connectivity index is 0.000000168. The van der Waals surface area contributed by atoms with Gasteiger partial charge in [-0.05, 0) is 24.6 Å². The summed E-state index contributed by atoms with van der Waals surface area (Å²) in [6.45, 7) is 2.26. The quantitative estimate of drug-likeness (QED) is 0.223. The zero-order valence-corrected chi connectivity index (χ0v) is 24.4. The number of halogens is 1. The molecule has 6 rings (SSSR count). The smallest absolute Gasteiger partial charge is 0.270 e. The molecule has 4 aromatic rings. The van der Waals surface area contributed by atoms with Gasteiger partial charge in [0, 0.05) is 51.3 Å². The van der Waals surface area contributed by atoms with Gasteiger partial charge in [0.15, 0.2) is 0 Å². The van der Waals surface area contributed by atoms with Crippen molar-refractivity contribution in [1.82, 2.24) is 0 Å². The summed E-state index contributed by atoms with van der Waals surface area (Å²) in [7, 11) is 1.81. The van der Waals surface area contributed by atoms with E-state index in [2.05, 4.69) is 28.3 Å². The van der Waals surface area contributed by atoms with Crippen LogP contribution in [-0.2, 0) is 16.0 Å². The Kier molecular flexibility index (Phi) is 8.56. The van der Waals surface area contributed by atoms with E-state index in [4.69, 9.17) is 11.6 Å². The van der Waals surface area contributed by atoms with Crippen LogP contribution in [0.5, 0.6) is 0 Å². The van der Waals surface area contributed by atoms with Gasteiger partial charge in [-0.15, -0.1) is 11.3 Å². The molecule has 0 radical (unpaired) electrons. The second-order valence-electron chi connectivity index (χ2n) is 9.45. The number of hydrogen-bond donors (Lipinski definition) is 1. The summed E-state index contributed by atoms with van der Waals surface area (Å²) in [5.74, 6) is -0.237. The number of benzene rings is 3. The number of nitro benzene ring substituents is 1. The first kappa shape index (κ1) is 28.8. The van der Waals surface area contributed by atoms with Crippen molar-refractivity contribution in [3.63, 3.8) is 0 Å². The van der Waals surface area contributed by atoms with E-state index in [9.17, 15) is 19.7 Å².